The standard InChI is InChI=1S/C6H11N3O2S/c1-4-5(7)6(9(2)8-4)12(3,10)11/h7H2,1-3H3. The molecule has 0 aliphatic heterocycles. The molecule has 0 aliphatic carbocycles. The van der Waals surface area contributed by atoms with Gasteiger partial charge < -0.3 is 5.73 Å². The van der Waals surface area contributed by atoms with Crippen molar-refractivity contribution < 1.29 is 8.42 Å². The van der Waals surface area contributed by atoms with Gasteiger partial charge in [0, 0.05) is 13.3 Å². The summed E-state index contributed by atoms with van der Waals surface area (Å²) in [6.07, 6.45) is 1.11. The van der Waals surface area contributed by atoms with Gasteiger partial charge in [0.25, 0.3) is 0 Å². The van der Waals surface area contributed by atoms with Crippen LogP contribution in [0, 0.1) is 6.92 Å². The number of nitrogens with two attached hydrogens (primary N) is 1. The summed E-state index contributed by atoms with van der Waals surface area (Å²) in [4.78, 5) is 0. The van der Waals surface area contributed by atoms with Crippen molar-refractivity contribution in [3.63, 3.8) is 0 Å². The molecular formula is C6H11N3O2S. The molecule has 0 saturated heterocycles. The zero-order valence-electron chi connectivity index (χ0n) is 7.20. The highest BCUT2D eigenvalue weighted by atomic mass is 32.2. The van der Waals surface area contributed by atoms with Gasteiger partial charge in [0.1, 0.15) is 0 Å². The fourth-order valence-corrected chi connectivity index (χ4v) is 2.16. The molecule has 0 saturated carbocycles. The van der Waals surface area contributed by atoms with E-state index in [9.17, 15) is 8.42 Å². The zero-order valence-corrected chi connectivity index (χ0v) is 8.01. The molecule has 1 heterocycles. The molecule has 2 N–H and O–H groups in total. The number of nitrogen functional groups attached to an aromatic ring is 1. The maximum Gasteiger partial charge on any atom is 0.194 e. The van der Waals surface area contributed by atoms with E-state index in [2.05, 4.69) is 5.10 Å². The molecule has 0 bridgehead atoms. The Balaban J connectivity index is 3.54. The SMILES string of the molecule is Cc1nn(C)c(S(C)(=O)=O)c1N. The lowest BCUT2D eigenvalue weighted by Gasteiger charge is -1.98. The molecule has 0 radical (unpaired) electrons. The van der Waals surface area contributed by atoms with Crippen molar-refractivity contribution in [1.29, 1.82) is 0 Å². The minimum absolute atomic E-state index is 0.0833. The van der Waals surface area contributed by atoms with Gasteiger partial charge in [-0.05, 0) is 6.92 Å². The summed E-state index contributed by atoms with van der Waals surface area (Å²) in [5.41, 5.74) is 6.30. The summed E-state index contributed by atoms with van der Waals surface area (Å²) in [6, 6.07) is 0. The highest BCUT2D eigenvalue weighted by Gasteiger charge is 2.19. The molecular weight excluding hydrogens is 178 g/mol. The summed E-state index contributed by atoms with van der Waals surface area (Å²) >= 11 is 0. The summed E-state index contributed by atoms with van der Waals surface area (Å²) in [5, 5.41) is 3.97. The third kappa shape index (κ3) is 1.29. The van der Waals surface area contributed by atoms with Gasteiger partial charge in [0.15, 0.2) is 14.9 Å². The van der Waals surface area contributed by atoms with Gasteiger partial charge >= 0.3 is 0 Å². The third-order valence-electron chi connectivity index (χ3n) is 1.57. The number of aryl methyl sites for hydroxylation is 2. The number of nitrogens with zero attached hydrogens (tertiary/aromatic N) is 2. The molecule has 12 heavy (non-hydrogen) atoms. The minimum atomic E-state index is -3.27. The predicted octanol–water partition coefficient (Wildman–Crippen LogP) is -0.286. The first-order valence-electron chi connectivity index (χ1n) is 3.33. The molecule has 0 spiro atoms. The van der Waals surface area contributed by atoms with Crippen molar-refractivity contribution in [2.24, 2.45) is 7.05 Å². The van der Waals surface area contributed by atoms with E-state index in [0.29, 0.717) is 5.69 Å². The molecule has 6 heteroatoms. The summed E-state index contributed by atoms with van der Waals surface area (Å²) in [5.74, 6) is 0. The Morgan fingerprint density at radius 3 is 2.17 bits per heavy atom. The Hall–Kier alpha value is -1.04. The Kier molecular flexibility index (Phi) is 1.87. The normalized spacial score (nSPS) is 11.9. The smallest absolute Gasteiger partial charge is 0.194 e. The van der Waals surface area contributed by atoms with E-state index < -0.39 is 9.84 Å². The molecule has 0 fully saturated rings. The van der Waals surface area contributed by atoms with Gasteiger partial charge in [0.2, 0.25) is 0 Å². The van der Waals surface area contributed by atoms with Crippen LogP contribution >= 0.6 is 0 Å². The first-order chi connectivity index (χ1) is 5.34. The maximum atomic E-state index is 11.1. The molecule has 1 aromatic heterocycles. The van der Waals surface area contributed by atoms with E-state index in [1.807, 2.05) is 0 Å². The number of sulfone groups is 1. The molecule has 5 nitrogen and oxygen atoms in total. The Morgan fingerprint density at radius 1 is 1.50 bits per heavy atom. The molecule has 0 aromatic carbocycles. The second-order valence-corrected chi connectivity index (χ2v) is 4.63. The van der Waals surface area contributed by atoms with Gasteiger partial charge in [-0.3, -0.25) is 4.68 Å². The topological polar surface area (TPSA) is 78.0 Å². The van der Waals surface area contributed by atoms with E-state index in [1.54, 1.807) is 14.0 Å². The van der Waals surface area contributed by atoms with Crippen molar-refractivity contribution in [2.45, 2.75) is 11.9 Å². The first-order valence-corrected chi connectivity index (χ1v) is 5.22. The highest BCUT2D eigenvalue weighted by Crippen LogP contribution is 2.19. The van der Waals surface area contributed by atoms with Crippen LogP contribution in [0.4, 0.5) is 5.69 Å². The summed E-state index contributed by atoms with van der Waals surface area (Å²) in [7, 11) is -1.71. The fraction of sp³-hybridized carbons (Fsp3) is 0.500. The Bertz CT molecular complexity index is 405. The van der Waals surface area contributed by atoms with Crippen molar-refractivity contribution in [3.05, 3.63) is 5.69 Å². The average Bonchev–Trinajstić information content (AvgIpc) is 2.05. The first kappa shape index (κ1) is 9.05. The van der Waals surface area contributed by atoms with Crippen LogP contribution in [-0.4, -0.2) is 24.5 Å². The van der Waals surface area contributed by atoms with E-state index in [4.69, 9.17) is 5.73 Å². The minimum Gasteiger partial charge on any atom is -0.395 e. The number of hydrogen-bond acceptors (Lipinski definition) is 4. The van der Waals surface area contributed by atoms with Crippen LogP contribution in [0.25, 0.3) is 0 Å². The van der Waals surface area contributed by atoms with Crippen LogP contribution in [0.2, 0.25) is 0 Å². The molecule has 0 unspecified atom stereocenters. The quantitative estimate of drug-likeness (QED) is 0.658. The lowest BCUT2D eigenvalue weighted by atomic mass is 10.4. The largest absolute Gasteiger partial charge is 0.395 e. The summed E-state index contributed by atoms with van der Waals surface area (Å²) in [6.45, 7) is 1.67. The molecule has 68 valence electrons. The van der Waals surface area contributed by atoms with Gasteiger partial charge in [-0.25, -0.2) is 8.42 Å². The molecule has 1 aromatic rings. The highest BCUT2D eigenvalue weighted by molar-refractivity contribution is 7.90. The van der Waals surface area contributed by atoms with Crippen molar-refractivity contribution in [1.82, 2.24) is 9.78 Å². The molecule has 0 aliphatic rings. The van der Waals surface area contributed by atoms with E-state index in [-0.39, 0.29) is 10.7 Å². The van der Waals surface area contributed by atoms with Crippen LogP contribution < -0.4 is 5.73 Å². The molecule has 0 amide bonds. The Labute approximate surface area is 71.1 Å². The molecule has 0 atom stereocenters. The zero-order chi connectivity index (χ0) is 9.52. The van der Waals surface area contributed by atoms with E-state index >= 15 is 0 Å². The second kappa shape index (κ2) is 2.48. The second-order valence-electron chi connectivity index (χ2n) is 2.70. The Morgan fingerprint density at radius 2 is 2.00 bits per heavy atom. The van der Waals surface area contributed by atoms with Gasteiger partial charge in [-0.15, -0.1) is 0 Å². The average molecular weight is 189 g/mol. The number of rotatable bonds is 1. The van der Waals surface area contributed by atoms with E-state index in [0.717, 1.165) is 6.26 Å². The van der Waals surface area contributed by atoms with Crippen LogP contribution in [0.3, 0.4) is 0 Å². The van der Waals surface area contributed by atoms with Gasteiger partial charge in [-0.2, -0.15) is 5.10 Å². The van der Waals surface area contributed by atoms with Crippen LogP contribution in [0.15, 0.2) is 5.03 Å². The number of aromatic nitrogens is 2. The summed E-state index contributed by atoms with van der Waals surface area (Å²) < 4.78 is 23.6. The lowest BCUT2D eigenvalue weighted by molar-refractivity contribution is 0.583. The fourth-order valence-electron chi connectivity index (χ4n) is 1.09. The van der Waals surface area contributed by atoms with E-state index in [1.165, 1.54) is 4.68 Å². The lowest BCUT2D eigenvalue weighted by Crippen LogP contribution is -2.07. The van der Waals surface area contributed by atoms with Crippen molar-refractivity contribution >= 4 is 15.5 Å². The maximum absolute atomic E-state index is 11.1. The van der Waals surface area contributed by atoms with Crippen molar-refractivity contribution in [3.8, 4) is 0 Å². The molecule has 1 rings (SSSR count). The monoisotopic (exact) mass is 189 g/mol. The van der Waals surface area contributed by atoms with Crippen LogP contribution in [0.5, 0.6) is 0 Å². The van der Waals surface area contributed by atoms with Gasteiger partial charge in [-0.1, -0.05) is 0 Å². The number of anilines is 1. The van der Waals surface area contributed by atoms with Gasteiger partial charge in [0.05, 0.1) is 11.4 Å². The van der Waals surface area contributed by atoms with Crippen LogP contribution in [-0.2, 0) is 16.9 Å². The van der Waals surface area contributed by atoms with Crippen LogP contribution in [0.1, 0.15) is 5.69 Å². The predicted molar refractivity (Wildman–Crippen MR) is 45.5 cm³/mol. The van der Waals surface area contributed by atoms with Crippen molar-refractivity contribution in [2.75, 3.05) is 12.0 Å². The third-order valence-corrected chi connectivity index (χ3v) is 2.75. The number of hydrogen-bond donors (Lipinski definition) is 1.